The molecule has 0 unspecified atom stereocenters. The first kappa shape index (κ1) is 14.8. The molecular formula is C21H17BrN4O2. The zero-order valence-corrected chi connectivity index (χ0v) is 16.2. The zero-order chi connectivity index (χ0) is 22.2. The number of pyridine rings is 1. The maximum atomic E-state index is 13.0. The van der Waals surface area contributed by atoms with Gasteiger partial charge in [0.1, 0.15) is 4.60 Å². The summed E-state index contributed by atoms with van der Waals surface area (Å²) in [5.74, 6) is -0.689. The number of carbonyl (C=O) groups is 1. The lowest BCUT2D eigenvalue weighted by molar-refractivity contribution is 0.0963. The molecule has 4 rings (SSSR count). The predicted molar refractivity (Wildman–Crippen MR) is 112 cm³/mol. The van der Waals surface area contributed by atoms with Crippen LogP contribution in [0.2, 0.25) is 0 Å². The molecule has 0 saturated carbocycles. The molecule has 0 saturated heterocycles. The number of halogens is 1. The lowest BCUT2D eigenvalue weighted by Gasteiger charge is -2.09. The molecule has 4 aromatic rings. The fourth-order valence-corrected chi connectivity index (χ4v) is 3.57. The minimum atomic E-state index is -2.56. The Morgan fingerprint density at radius 3 is 2.96 bits per heavy atom. The molecule has 0 spiro atoms. The van der Waals surface area contributed by atoms with Crippen molar-refractivity contribution in [2.75, 3.05) is 6.98 Å². The molecule has 0 atom stereocenters. The Hall–Kier alpha value is -3.19. The van der Waals surface area contributed by atoms with Crippen molar-refractivity contribution in [3.63, 3.8) is 0 Å². The Bertz CT molecular complexity index is 1340. The van der Waals surface area contributed by atoms with Gasteiger partial charge in [-0.25, -0.2) is 0 Å². The number of hydrogen-bond acceptors (Lipinski definition) is 3. The average molecular weight is 440 g/mol. The van der Waals surface area contributed by atoms with Crippen LogP contribution in [0, 0.1) is 0 Å². The number of amides is 1. The van der Waals surface area contributed by atoms with E-state index in [1.807, 2.05) is 23.5 Å². The summed E-state index contributed by atoms with van der Waals surface area (Å²) in [6, 6.07) is 14.0. The molecule has 0 fully saturated rings. The van der Waals surface area contributed by atoms with Crippen LogP contribution in [0.3, 0.4) is 0 Å². The molecule has 0 aliphatic rings. The Balaban J connectivity index is 1.63. The van der Waals surface area contributed by atoms with E-state index in [2.05, 4.69) is 26.1 Å². The molecule has 1 amide bonds. The fourth-order valence-electron chi connectivity index (χ4n) is 3.13. The van der Waals surface area contributed by atoms with Crippen LogP contribution >= 0.6 is 15.9 Å². The van der Waals surface area contributed by atoms with Gasteiger partial charge in [-0.3, -0.25) is 14.7 Å². The first-order chi connectivity index (χ1) is 14.7. The maximum Gasteiger partial charge on any atom is 0.258 e. The number of benzene rings is 2. The lowest BCUT2D eigenvalue weighted by Crippen LogP contribution is -2.21. The second-order valence-corrected chi connectivity index (χ2v) is 7.10. The number of nitrogens with one attached hydrogen (secondary N) is 2. The van der Waals surface area contributed by atoms with Gasteiger partial charge in [0.15, 0.2) is 0 Å². The molecule has 2 heterocycles. The van der Waals surface area contributed by atoms with E-state index in [4.69, 9.17) is 4.11 Å². The zero-order valence-electron chi connectivity index (χ0n) is 17.6. The van der Waals surface area contributed by atoms with Gasteiger partial charge in [-0.05, 0) is 62.8 Å². The molecular weight excluding hydrogens is 420 g/mol. The summed E-state index contributed by atoms with van der Waals surface area (Å²) in [7, 11) is 0. The molecule has 140 valence electrons. The van der Waals surface area contributed by atoms with Gasteiger partial charge in [0.05, 0.1) is 12.7 Å². The molecule has 2 aromatic carbocycles. The molecule has 0 radical (unpaired) electrons. The Morgan fingerprint density at radius 1 is 1.29 bits per heavy atom. The number of H-pyrrole nitrogens is 1. The third kappa shape index (κ3) is 3.36. The number of aromatic nitrogens is 3. The number of fused-ring (bicyclic) bond motifs is 1. The number of nitrogens with zero attached hydrogens (tertiary/aromatic N) is 2. The van der Waals surface area contributed by atoms with Gasteiger partial charge in [-0.2, -0.15) is 5.10 Å². The van der Waals surface area contributed by atoms with E-state index in [0.29, 0.717) is 10.9 Å². The van der Waals surface area contributed by atoms with Crippen molar-refractivity contribution >= 4 is 32.6 Å². The number of aromatic amines is 1. The van der Waals surface area contributed by atoms with Gasteiger partial charge in [0.25, 0.3) is 11.5 Å². The van der Waals surface area contributed by atoms with Crippen LogP contribution in [0.15, 0.2) is 70.3 Å². The number of rotatable bonds is 4. The first-order valence-corrected chi connectivity index (χ1v) is 9.24. The summed E-state index contributed by atoms with van der Waals surface area (Å²) in [5, 5.41) is 10.2. The van der Waals surface area contributed by atoms with Crippen LogP contribution in [-0.4, -0.2) is 27.6 Å². The molecule has 2 aromatic heterocycles. The summed E-state index contributed by atoms with van der Waals surface area (Å²) in [6.07, 6.45) is 3.41. The van der Waals surface area contributed by atoms with E-state index in [-0.39, 0.29) is 17.7 Å². The molecule has 0 aliphatic heterocycles. The fraction of sp³-hybridized carbons (Fsp3) is 0.0952. The van der Waals surface area contributed by atoms with Crippen LogP contribution in [0.1, 0.15) is 20.0 Å². The summed E-state index contributed by atoms with van der Waals surface area (Å²) in [5.41, 5.74) is 2.60. The molecule has 7 heteroatoms. The molecule has 0 bridgehead atoms. The Kier molecular flexibility index (Phi) is 3.94. The SMILES string of the molecule is [2H]C([2H])([2H])NC(=O)c1cccc(Cn2ccc3cc(-c4cn[nH]c4Br)ccc3c2=O)c1. The van der Waals surface area contributed by atoms with Crippen LogP contribution in [-0.2, 0) is 6.54 Å². The highest BCUT2D eigenvalue weighted by atomic mass is 79.9. The Labute approximate surface area is 173 Å². The normalized spacial score (nSPS) is 13.0. The highest BCUT2D eigenvalue weighted by Gasteiger charge is 2.09. The largest absolute Gasteiger partial charge is 0.355 e. The summed E-state index contributed by atoms with van der Waals surface area (Å²) in [6.45, 7) is -2.31. The smallest absolute Gasteiger partial charge is 0.258 e. The second-order valence-electron chi connectivity index (χ2n) is 6.30. The third-order valence-electron chi connectivity index (χ3n) is 4.54. The van der Waals surface area contributed by atoms with Crippen molar-refractivity contribution in [1.82, 2.24) is 20.1 Å². The highest BCUT2D eigenvalue weighted by molar-refractivity contribution is 9.10. The van der Waals surface area contributed by atoms with Gasteiger partial charge in [0.2, 0.25) is 0 Å². The molecule has 28 heavy (non-hydrogen) atoms. The first-order valence-electron chi connectivity index (χ1n) is 9.95. The Morgan fingerprint density at radius 2 is 2.18 bits per heavy atom. The van der Waals surface area contributed by atoms with Crippen molar-refractivity contribution in [3.05, 3.63) is 87.0 Å². The molecule has 6 nitrogen and oxygen atoms in total. The van der Waals surface area contributed by atoms with E-state index in [9.17, 15) is 9.59 Å². The predicted octanol–water partition coefficient (Wildman–Crippen LogP) is 3.56. The van der Waals surface area contributed by atoms with Crippen LogP contribution in [0.25, 0.3) is 21.9 Å². The van der Waals surface area contributed by atoms with Crippen molar-refractivity contribution < 1.29 is 8.91 Å². The number of carbonyl (C=O) groups excluding carboxylic acids is 1. The average Bonchev–Trinajstić information content (AvgIpc) is 3.15. The summed E-state index contributed by atoms with van der Waals surface area (Å²) < 4.78 is 23.8. The topological polar surface area (TPSA) is 79.8 Å². The second kappa shape index (κ2) is 7.44. The third-order valence-corrected chi connectivity index (χ3v) is 5.14. The van der Waals surface area contributed by atoms with Gasteiger partial charge in [-0.1, -0.05) is 18.2 Å². The van der Waals surface area contributed by atoms with Gasteiger partial charge >= 0.3 is 0 Å². The summed E-state index contributed by atoms with van der Waals surface area (Å²) in [4.78, 5) is 25.1. The quantitative estimate of drug-likeness (QED) is 0.509. The maximum absolute atomic E-state index is 13.0. The van der Waals surface area contributed by atoms with Crippen molar-refractivity contribution in [1.29, 1.82) is 0 Å². The lowest BCUT2D eigenvalue weighted by atomic mass is 10.0. The van der Waals surface area contributed by atoms with Gasteiger partial charge < -0.3 is 9.88 Å². The minimum absolute atomic E-state index is 0.160. The van der Waals surface area contributed by atoms with Gasteiger partial charge in [-0.15, -0.1) is 0 Å². The highest BCUT2D eigenvalue weighted by Crippen LogP contribution is 2.28. The van der Waals surface area contributed by atoms with E-state index >= 15 is 0 Å². The van der Waals surface area contributed by atoms with E-state index in [1.165, 1.54) is 6.07 Å². The number of hydrogen-bond donors (Lipinski definition) is 2. The van der Waals surface area contributed by atoms with E-state index in [1.54, 1.807) is 41.2 Å². The molecule has 2 N–H and O–H groups in total. The van der Waals surface area contributed by atoms with Crippen LogP contribution in [0.4, 0.5) is 0 Å². The van der Waals surface area contributed by atoms with Gasteiger partial charge in [0, 0.05) is 33.8 Å². The monoisotopic (exact) mass is 439 g/mol. The van der Waals surface area contributed by atoms with Crippen LogP contribution in [0.5, 0.6) is 0 Å². The van der Waals surface area contributed by atoms with E-state index < -0.39 is 12.9 Å². The van der Waals surface area contributed by atoms with Crippen molar-refractivity contribution in [2.45, 2.75) is 6.54 Å². The molecule has 0 aliphatic carbocycles. The minimum Gasteiger partial charge on any atom is -0.355 e. The van der Waals surface area contributed by atoms with Crippen molar-refractivity contribution in [2.24, 2.45) is 0 Å². The van der Waals surface area contributed by atoms with E-state index in [0.717, 1.165) is 21.1 Å². The van der Waals surface area contributed by atoms with Crippen LogP contribution < -0.4 is 10.9 Å². The summed E-state index contributed by atoms with van der Waals surface area (Å²) >= 11 is 3.42. The van der Waals surface area contributed by atoms with Crippen molar-refractivity contribution in [3.8, 4) is 11.1 Å². The standard InChI is InChI=1S/C21H17BrN4O2/c1-23-20(27)16-4-2-3-13(9-16)12-26-8-7-15-10-14(5-6-17(15)21(26)28)18-11-24-25-19(18)22/h2-11H,12H2,1H3,(H,23,27)(H,24,25)/i1D3.